The van der Waals surface area contributed by atoms with Crippen molar-refractivity contribution in [3.8, 4) is 0 Å². The van der Waals surface area contributed by atoms with Crippen molar-refractivity contribution in [1.29, 1.82) is 0 Å². The second kappa shape index (κ2) is 9.10. The number of alkyl halides is 1. The smallest absolute Gasteiger partial charge is 0.0572 e. The molecule has 0 aromatic heterocycles. The standard InChI is InChI=1S/C8H11N.C3H7ClSi/c1-9(2)8-6-4-3-5-7-8;1-2-5-3-4/h3-7H,1-2H3;2-3H2,1H3. The Hall–Kier alpha value is -0.473. The van der Waals surface area contributed by atoms with Crippen LogP contribution in [0.4, 0.5) is 5.69 Å². The first-order chi connectivity index (χ1) is 6.72. The third kappa shape index (κ3) is 6.98. The minimum Gasteiger partial charge on any atom is -0.378 e. The maximum Gasteiger partial charge on any atom is 0.0572 e. The average Bonchev–Trinajstić information content (AvgIpc) is 2.21. The number of halogens is 1. The third-order valence-electron chi connectivity index (χ3n) is 1.62. The molecule has 14 heavy (non-hydrogen) atoms. The van der Waals surface area contributed by atoms with Gasteiger partial charge >= 0.3 is 0 Å². The average molecular weight is 228 g/mol. The normalized spacial score (nSPS) is 8.86. The largest absolute Gasteiger partial charge is 0.378 e. The first-order valence-electron chi connectivity index (χ1n) is 4.71. The van der Waals surface area contributed by atoms with Crippen molar-refractivity contribution < 1.29 is 0 Å². The summed E-state index contributed by atoms with van der Waals surface area (Å²) >= 11 is 5.31. The van der Waals surface area contributed by atoms with Crippen molar-refractivity contribution in [2.24, 2.45) is 0 Å². The number of hydrogen-bond acceptors (Lipinski definition) is 1. The molecular formula is C11H18ClNSi. The quantitative estimate of drug-likeness (QED) is 0.567. The van der Waals surface area contributed by atoms with Crippen molar-refractivity contribution in [1.82, 2.24) is 0 Å². The zero-order valence-corrected chi connectivity index (χ0v) is 10.9. The van der Waals surface area contributed by atoms with Crippen molar-refractivity contribution in [2.75, 3.05) is 24.5 Å². The van der Waals surface area contributed by atoms with Crippen molar-refractivity contribution in [2.45, 2.75) is 13.0 Å². The molecular weight excluding hydrogens is 210 g/mol. The molecule has 78 valence electrons. The Labute approximate surface area is 94.9 Å². The minimum atomic E-state index is 0.844. The van der Waals surface area contributed by atoms with E-state index >= 15 is 0 Å². The van der Waals surface area contributed by atoms with Crippen molar-refractivity contribution in [3.05, 3.63) is 30.3 Å². The van der Waals surface area contributed by atoms with Gasteiger partial charge < -0.3 is 4.90 Å². The second-order valence-electron chi connectivity index (χ2n) is 2.97. The molecule has 1 rings (SSSR count). The number of hydrogen-bond donors (Lipinski definition) is 0. The number of rotatable bonds is 3. The van der Waals surface area contributed by atoms with Crippen LogP contribution in [0.5, 0.6) is 0 Å². The molecule has 0 amide bonds. The van der Waals surface area contributed by atoms with E-state index in [9.17, 15) is 0 Å². The lowest BCUT2D eigenvalue weighted by molar-refractivity contribution is 1.13. The molecule has 0 spiro atoms. The fraction of sp³-hybridized carbons (Fsp3) is 0.455. The summed E-state index contributed by atoms with van der Waals surface area (Å²) in [5.74, 6) is 0. The zero-order chi connectivity index (χ0) is 10.8. The monoisotopic (exact) mass is 227 g/mol. The molecule has 0 saturated carbocycles. The van der Waals surface area contributed by atoms with Gasteiger partial charge in [-0.3, -0.25) is 0 Å². The Bertz CT molecular complexity index is 212. The molecule has 0 saturated heterocycles. The Morgan fingerprint density at radius 2 is 1.79 bits per heavy atom. The van der Waals surface area contributed by atoms with Crippen LogP contribution in [-0.2, 0) is 0 Å². The lowest BCUT2D eigenvalue weighted by Crippen LogP contribution is -2.07. The first kappa shape index (κ1) is 13.5. The highest BCUT2D eigenvalue weighted by molar-refractivity contribution is 6.50. The van der Waals surface area contributed by atoms with Crippen molar-refractivity contribution in [3.63, 3.8) is 0 Å². The van der Waals surface area contributed by atoms with Crippen LogP contribution in [0, 0.1) is 0 Å². The van der Waals surface area contributed by atoms with Gasteiger partial charge in [-0.15, -0.1) is 11.6 Å². The van der Waals surface area contributed by atoms with Crippen molar-refractivity contribution >= 4 is 26.8 Å². The van der Waals surface area contributed by atoms with Gasteiger partial charge in [0.05, 0.1) is 9.52 Å². The first-order valence-corrected chi connectivity index (χ1v) is 6.66. The van der Waals surface area contributed by atoms with E-state index < -0.39 is 0 Å². The summed E-state index contributed by atoms with van der Waals surface area (Å²) in [5, 5.41) is 0. The number of benzene rings is 1. The summed E-state index contributed by atoms with van der Waals surface area (Å²) in [7, 11) is 5.04. The fourth-order valence-electron chi connectivity index (χ4n) is 0.821. The molecule has 0 bridgehead atoms. The molecule has 0 heterocycles. The predicted octanol–water partition coefficient (Wildman–Crippen LogP) is 3.08. The molecule has 0 atom stereocenters. The third-order valence-corrected chi connectivity index (χ3v) is 2.87. The van der Waals surface area contributed by atoms with Crippen LogP contribution in [0.25, 0.3) is 0 Å². The molecule has 0 aliphatic rings. The van der Waals surface area contributed by atoms with E-state index in [2.05, 4.69) is 24.0 Å². The van der Waals surface area contributed by atoms with Crippen LogP contribution in [0.1, 0.15) is 6.92 Å². The molecule has 0 aliphatic heterocycles. The molecule has 3 heteroatoms. The van der Waals surface area contributed by atoms with Crippen LogP contribution >= 0.6 is 11.6 Å². The number of para-hydroxylation sites is 1. The van der Waals surface area contributed by atoms with E-state index in [-0.39, 0.29) is 0 Å². The molecule has 2 radical (unpaired) electrons. The Kier molecular flexibility index (Phi) is 8.79. The van der Waals surface area contributed by atoms with Gasteiger partial charge in [0.15, 0.2) is 0 Å². The fourth-order valence-corrected chi connectivity index (χ4v) is 1.58. The predicted molar refractivity (Wildman–Crippen MR) is 67.7 cm³/mol. The highest BCUT2D eigenvalue weighted by Gasteiger charge is 1.87. The topological polar surface area (TPSA) is 3.24 Å². The maximum absolute atomic E-state index is 5.31. The summed E-state index contributed by atoms with van der Waals surface area (Å²) in [6.07, 6.45) is 0. The molecule has 0 N–H and O–H groups in total. The van der Waals surface area contributed by atoms with E-state index in [0.29, 0.717) is 0 Å². The van der Waals surface area contributed by atoms with Gasteiger partial charge in [-0.05, 0) is 12.1 Å². The Balaban J connectivity index is 0.000000292. The molecule has 1 nitrogen and oxygen atoms in total. The lowest BCUT2D eigenvalue weighted by Gasteiger charge is -2.10. The summed E-state index contributed by atoms with van der Waals surface area (Å²) in [4.78, 5) is 2.08. The van der Waals surface area contributed by atoms with Gasteiger partial charge in [0, 0.05) is 25.3 Å². The number of anilines is 1. The maximum atomic E-state index is 5.31. The van der Waals surface area contributed by atoms with Gasteiger partial charge in [-0.2, -0.15) is 0 Å². The second-order valence-corrected chi connectivity index (χ2v) is 5.24. The van der Waals surface area contributed by atoms with E-state index in [1.165, 1.54) is 11.7 Å². The van der Waals surface area contributed by atoms with E-state index in [0.717, 1.165) is 15.0 Å². The lowest BCUT2D eigenvalue weighted by atomic mass is 10.3. The molecule has 0 aliphatic carbocycles. The summed E-state index contributed by atoms with van der Waals surface area (Å²) < 4.78 is 0. The van der Waals surface area contributed by atoms with Gasteiger partial charge in [-0.25, -0.2) is 0 Å². The summed E-state index contributed by atoms with van der Waals surface area (Å²) in [5.41, 5.74) is 2.09. The van der Waals surface area contributed by atoms with Crippen LogP contribution in [0.15, 0.2) is 30.3 Å². The molecule has 0 fully saturated rings. The highest BCUT2D eigenvalue weighted by Crippen LogP contribution is 2.07. The van der Waals surface area contributed by atoms with Gasteiger partial charge in [-0.1, -0.05) is 31.2 Å². The van der Waals surface area contributed by atoms with Crippen LogP contribution in [0.3, 0.4) is 0 Å². The van der Waals surface area contributed by atoms with Crippen LogP contribution in [-0.4, -0.2) is 29.1 Å². The molecule has 1 aromatic carbocycles. The van der Waals surface area contributed by atoms with E-state index in [1.807, 2.05) is 32.3 Å². The highest BCUT2D eigenvalue weighted by atomic mass is 35.5. The van der Waals surface area contributed by atoms with E-state index in [4.69, 9.17) is 11.6 Å². The minimum absolute atomic E-state index is 0.844. The van der Waals surface area contributed by atoms with Crippen LogP contribution in [0.2, 0.25) is 6.04 Å². The molecule has 0 unspecified atom stereocenters. The van der Waals surface area contributed by atoms with Crippen LogP contribution < -0.4 is 4.90 Å². The SMILES string of the molecule is CC[Si]CCl.CN(C)c1ccccc1. The number of nitrogens with zero attached hydrogens (tertiary/aromatic N) is 1. The van der Waals surface area contributed by atoms with Gasteiger partial charge in [0.1, 0.15) is 0 Å². The van der Waals surface area contributed by atoms with Gasteiger partial charge in [0.2, 0.25) is 0 Å². The summed E-state index contributed by atoms with van der Waals surface area (Å²) in [6.45, 7) is 2.14. The Morgan fingerprint density at radius 1 is 1.21 bits per heavy atom. The zero-order valence-electron chi connectivity index (χ0n) is 9.13. The van der Waals surface area contributed by atoms with E-state index in [1.54, 1.807) is 0 Å². The molecule has 1 aromatic rings. The summed E-state index contributed by atoms with van der Waals surface area (Å²) in [6, 6.07) is 11.5. The van der Waals surface area contributed by atoms with Gasteiger partial charge in [0.25, 0.3) is 0 Å². The Morgan fingerprint density at radius 3 is 2.00 bits per heavy atom.